The molecule has 0 spiro atoms. The highest BCUT2D eigenvalue weighted by Crippen LogP contribution is 2.29. The second-order valence-electron chi connectivity index (χ2n) is 5.39. The van der Waals surface area contributed by atoms with Crippen molar-refractivity contribution in [3.8, 4) is 0 Å². The Labute approximate surface area is 139 Å². The number of nitrogens with zero attached hydrogens (tertiary/aromatic N) is 3. The van der Waals surface area contributed by atoms with Gasteiger partial charge in [0, 0.05) is 19.3 Å². The first-order valence-electron chi connectivity index (χ1n) is 7.31. The highest BCUT2D eigenvalue weighted by atomic mass is 32.2. The number of carbonyl (C=O) groups excluding carboxylic acids is 2. The lowest BCUT2D eigenvalue weighted by Gasteiger charge is -2.36. The molecule has 0 radical (unpaired) electrons. The van der Waals surface area contributed by atoms with Gasteiger partial charge in [0.15, 0.2) is 17.4 Å². The Bertz CT molecular complexity index is 661. The Balaban J connectivity index is 1.90. The minimum absolute atomic E-state index is 0.299. The van der Waals surface area contributed by atoms with Crippen LogP contribution in [0, 0.1) is 0 Å². The van der Waals surface area contributed by atoms with E-state index in [2.05, 4.69) is 16.9 Å². The van der Waals surface area contributed by atoms with Gasteiger partial charge in [-0.05, 0) is 5.56 Å². The zero-order chi connectivity index (χ0) is 16.4. The van der Waals surface area contributed by atoms with Crippen molar-refractivity contribution in [2.75, 3.05) is 12.8 Å². The summed E-state index contributed by atoms with van der Waals surface area (Å²) in [7, 11) is 1.66. The molecule has 2 unspecified atom stereocenters. The quantitative estimate of drug-likeness (QED) is 0.853. The predicted molar refractivity (Wildman–Crippen MR) is 91.0 cm³/mol. The summed E-state index contributed by atoms with van der Waals surface area (Å²) < 4.78 is 0. The van der Waals surface area contributed by atoms with Crippen LogP contribution in [0.15, 0.2) is 48.0 Å². The van der Waals surface area contributed by atoms with E-state index in [1.807, 2.05) is 35.2 Å². The molecule has 0 saturated carbocycles. The number of fused-ring (bicyclic) bond motifs is 1. The predicted octanol–water partition coefficient (Wildman–Crippen LogP) is 1.65. The molecular formula is C16H18N4O2S. The summed E-state index contributed by atoms with van der Waals surface area (Å²) in [5.74, 6) is 0.398. The van der Waals surface area contributed by atoms with Crippen molar-refractivity contribution in [1.29, 1.82) is 0 Å². The van der Waals surface area contributed by atoms with Crippen LogP contribution in [0.3, 0.4) is 0 Å². The maximum Gasteiger partial charge on any atom is 0.325 e. The molecule has 23 heavy (non-hydrogen) atoms. The molecule has 1 saturated heterocycles. The third kappa shape index (κ3) is 2.96. The van der Waals surface area contributed by atoms with Gasteiger partial charge in [0.25, 0.3) is 5.91 Å². The van der Waals surface area contributed by atoms with E-state index >= 15 is 0 Å². The molecule has 120 valence electrons. The van der Waals surface area contributed by atoms with Crippen molar-refractivity contribution in [3.05, 3.63) is 48.6 Å². The second kappa shape index (κ2) is 6.45. The molecule has 0 aromatic heterocycles. The smallest absolute Gasteiger partial charge is 0.325 e. The molecule has 2 atom stereocenters. The first kappa shape index (κ1) is 15.6. The van der Waals surface area contributed by atoms with E-state index in [0.717, 1.165) is 10.7 Å². The van der Waals surface area contributed by atoms with Crippen LogP contribution in [0.1, 0.15) is 5.56 Å². The van der Waals surface area contributed by atoms with Crippen LogP contribution in [-0.4, -0.2) is 51.9 Å². The topological polar surface area (TPSA) is 65.0 Å². The van der Waals surface area contributed by atoms with Gasteiger partial charge in [0.1, 0.15) is 0 Å². The first-order valence-corrected chi connectivity index (χ1v) is 8.30. The van der Waals surface area contributed by atoms with Crippen molar-refractivity contribution >= 4 is 28.9 Å². The zero-order valence-corrected chi connectivity index (χ0v) is 13.6. The summed E-state index contributed by atoms with van der Waals surface area (Å²) in [5, 5.41) is 3.16. The number of amides is 3. The Morgan fingerprint density at radius 3 is 2.78 bits per heavy atom. The van der Waals surface area contributed by atoms with E-state index in [1.54, 1.807) is 13.1 Å². The van der Waals surface area contributed by atoms with Crippen LogP contribution in [0.5, 0.6) is 0 Å². The van der Waals surface area contributed by atoms with Crippen molar-refractivity contribution in [3.63, 3.8) is 0 Å². The molecule has 3 amide bonds. The number of likely N-dealkylation sites (N-methyl/N-ethyl adjacent to an activating group) is 1. The van der Waals surface area contributed by atoms with Crippen molar-refractivity contribution in [2.45, 2.75) is 18.8 Å². The molecule has 1 fully saturated rings. The molecule has 0 bridgehead atoms. The van der Waals surface area contributed by atoms with E-state index in [0.29, 0.717) is 12.3 Å². The van der Waals surface area contributed by atoms with Crippen LogP contribution in [0.2, 0.25) is 0 Å². The van der Waals surface area contributed by atoms with Crippen LogP contribution in [-0.2, 0) is 11.3 Å². The molecule has 2 aliphatic heterocycles. The number of aliphatic imine (C=N–C) groups is 1. The Morgan fingerprint density at radius 1 is 1.35 bits per heavy atom. The fourth-order valence-electron chi connectivity index (χ4n) is 2.70. The van der Waals surface area contributed by atoms with Crippen molar-refractivity contribution in [1.82, 2.24) is 15.1 Å². The fourth-order valence-corrected chi connectivity index (χ4v) is 3.49. The van der Waals surface area contributed by atoms with Gasteiger partial charge in [-0.2, -0.15) is 0 Å². The molecule has 3 rings (SSSR count). The largest absolute Gasteiger partial charge is 0.331 e. The summed E-state index contributed by atoms with van der Waals surface area (Å²) in [4.78, 5) is 32.2. The number of amidine groups is 1. The Hall–Kier alpha value is -2.28. The van der Waals surface area contributed by atoms with Gasteiger partial charge < -0.3 is 9.80 Å². The summed E-state index contributed by atoms with van der Waals surface area (Å²) in [6, 6.07) is 9.01. The average Bonchev–Trinajstić information content (AvgIpc) is 2.91. The molecular weight excluding hydrogens is 312 g/mol. The number of urea groups is 1. The van der Waals surface area contributed by atoms with Crippen molar-refractivity contribution < 1.29 is 9.59 Å². The number of thioether (sulfide) groups is 1. The van der Waals surface area contributed by atoms with Gasteiger partial charge in [0.2, 0.25) is 0 Å². The molecule has 7 heteroatoms. The lowest BCUT2D eigenvalue weighted by Crippen LogP contribution is -2.63. The van der Waals surface area contributed by atoms with E-state index in [9.17, 15) is 9.59 Å². The van der Waals surface area contributed by atoms with E-state index in [4.69, 9.17) is 0 Å². The summed E-state index contributed by atoms with van der Waals surface area (Å²) in [6.07, 6.45) is 1.32. The van der Waals surface area contributed by atoms with Gasteiger partial charge in [-0.25, -0.2) is 9.79 Å². The molecule has 1 aromatic rings. The summed E-state index contributed by atoms with van der Waals surface area (Å²) in [5.41, 5.74) is 1.09. The number of imide groups is 1. The third-order valence-corrected chi connectivity index (χ3v) is 4.85. The van der Waals surface area contributed by atoms with E-state index < -0.39 is 18.2 Å². The number of rotatable bonds is 4. The fraction of sp³-hybridized carbons (Fsp3) is 0.312. The number of hydrogen-bond donors (Lipinski definition) is 1. The molecule has 0 aliphatic carbocycles. The Morgan fingerprint density at radius 2 is 2.09 bits per heavy atom. The van der Waals surface area contributed by atoms with Crippen LogP contribution >= 0.6 is 11.8 Å². The van der Waals surface area contributed by atoms with Gasteiger partial charge in [-0.15, -0.1) is 6.58 Å². The van der Waals surface area contributed by atoms with Crippen molar-refractivity contribution in [2.24, 2.45) is 4.99 Å². The van der Waals surface area contributed by atoms with Crippen LogP contribution in [0.4, 0.5) is 4.79 Å². The lowest BCUT2D eigenvalue weighted by molar-refractivity contribution is -0.127. The third-order valence-electron chi connectivity index (χ3n) is 3.85. The molecule has 1 aromatic carbocycles. The SMILES string of the molecule is C=CCSC1=NC2C(C(=O)NC(=O)N2C)N1Cc1ccccc1. The monoisotopic (exact) mass is 330 g/mol. The van der Waals surface area contributed by atoms with E-state index in [-0.39, 0.29) is 5.91 Å². The maximum atomic E-state index is 12.3. The normalized spacial score (nSPS) is 23.4. The van der Waals surface area contributed by atoms with Gasteiger partial charge in [-0.1, -0.05) is 48.2 Å². The van der Waals surface area contributed by atoms with E-state index in [1.165, 1.54) is 16.7 Å². The average molecular weight is 330 g/mol. The highest BCUT2D eigenvalue weighted by molar-refractivity contribution is 8.13. The Kier molecular flexibility index (Phi) is 4.38. The molecule has 1 N–H and O–H groups in total. The zero-order valence-electron chi connectivity index (χ0n) is 12.8. The number of hydrogen-bond acceptors (Lipinski definition) is 5. The summed E-state index contributed by atoms with van der Waals surface area (Å²) >= 11 is 1.52. The minimum atomic E-state index is -0.495. The number of carbonyl (C=O) groups is 2. The molecule has 6 nitrogen and oxygen atoms in total. The highest BCUT2D eigenvalue weighted by Gasteiger charge is 2.48. The first-order chi connectivity index (χ1) is 11.1. The second-order valence-corrected chi connectivity index (χ2v) is 6.38. The van der Waals surface area contributed by atoms with Crippen LogP contribution < -0.4 is 5.32 Å². The van der Waals surface area contributed by atoms with Crippen LogP contribution in [0.25, 0.3) is 0 Å². The number of nitrogens with one attached hydrogen (secondary N) is 1. The number of benzene rings is 1. The minimum Gasteiger partial charge on any atom is -0.331 e. The van der Waals surface area contributed by atoms with Gasteiger partial charge in [-0.3, -0.25) is 10.1 Å². The maximum absolute atomic E-state index is 12.3. The van der Waals surface area contributed by atoms with Gasteiger partial charge >= 0.3 is 6.03 Å². The van der Waals surface area contributed by atoms with Gasteiger partial charge in [0.05, 0.1) is 0 Å². The molecule has 2 aliphatic rings. The lowest BCUT2D eigenvalue weighted by atomic mass is 10.1. The molecule has 2 heterocycles. The summed E-state index contributed by atoms with van der Waals surface area (Å²) in [6.45, 7) is 4.30. The standard InChI is InChI=1S/C16H18N4O2S/c1-3-9-23-16-17-13-12(14(21)18-15(22)19(13)2)20(16)10-11-7-5-4-6-8-11/h3-8,12-13H,1,9-10H2,2H3,(H,18,21,22).